The van der Waals surface area contributed by atoms with Crippen molar-refractivity contribution in [2.45, 2.75) is 6.42 Å². The lowest BCUT2D eigenvalue weighted by molar-refractivity contribution is 1.24. The summed E-state index contributed by atoms with van der Waals surface area (Å²) in [4.78, 5) is 0. The molecule has 0 atom stereocenters. The number of nitrogens with zero attached hydrogens (tertiary/aromatic N) is 2. The molecule has 2 N–H and O–H groups in total. The number of anilines is 1. The van der Waals surface area contributed by atoms with Gasteiger partial charge in [-0.05, 0) is 17.7 Å². The van der Waals surface area contributed by atoms with Crippen LogP contribution in [0, 0.1) is 22.7 Å². The number of hydrogen-bond donors (Lipinski definition) is 1. The summed E-state index contributed by atoms with van der Waals surface area (Å²) >= 11 is 3.25. The third-order valence-corrected chi connectivity index (χ3v) is 2.05. The van der Waals surface area contributed by atoms with Crippen LogP contribution in [0.15, 0.2) is 16.6 Å². The van der Waals surface area contributed by atoms with E-state index in [9.17, 15) is 0 Å². The van der Waals surface area contributed by atoms with Gasteiger partial charge in [-0.25, -0.2) is 0 Å². The minimum atomic E-state index is 0.201. The van der Waals surface area contributed by atoms with E-state index in [2.05, 4.69) is 15.9 Å². The smallest absolute Gasteiger partial charge is 0.102 e. The number of nitriles is 2. The number of hydrogen-bond acceptors (Lipinski definition) is 3. The van der Waals surface area contributed by atoms with Crippen LogP contribution >= 0.6 is 15.9 Å². The molecule has 64 valence electrons. The molecule has 0 aliphatic heterocycles. The zero-order chi connectivity index (χ0) is 9.84. The Labute approximate surface area is 84.5 Å². The fourth-order valence-corrected chi connectivity index (χ4v) is 1.57. The Bertz CT molecular complexity index is 412. The van der Waals surface area contributed by atoms with Crippen LogP contribution in [0.3, 0.4) is 0 Å². The van der Waals surface area contributed by atoms with Gasteiger partial charge in [0.1, 0.15) is 6.07 Å². The third-order valence-electron chi connectivity index (χ3n) is 1.60. The maximum Gasteiger partial charge on any atom is 0.102 e. The first-order valence-corrected chi connectivity index (χ1v) is 4.33. The quantitative estimate of drug-likeness (QED) is 0.757. The summed E-state index contributed by atoms with van der Waals surface area (Å²) in [5.41, 5.74) is 7.06. The largest absolute Gasteiger partial charge is 0.398 e. The van der Waals surface area contributed by atoms with Crippen LogP contribution in [-0.4, -0.2) is 0 Å². The minimum Gasteiger partial charge on any atom is -0.398 e. The van der Waals surface area contributed by atoms with Crippen molar-refractivity contribution in [2.75, 3.05) is 5.73 Å². The van der Waals surface area contributed by atoms with Crippen LogP contribution in [0.25, 0.3) is 0 Å². The van der Waals surface area contributed by atoms with Crippen molar-refractivity contribution in [3.8, 4) is 12.1 Å². The van der Waals surface area contributed by atoms with Crippen molar-refractivity contribution in [3.63, 3.8) is 0 Å². The second kappa shape index (κ2) is 3.93. The summed E-state index contributed by atoms with van der Waals surface area (Å²) in [5.74, 6) is 0. The molecule has 0 aliphatic carbocycles. The maximum atomic E-state index is 8.76. The van der Waals surface area contributed by atoms with Gasteiger partial charge in [-0.1, -0.05) is 15.9 Å². The van der Waals surface area contributed by atoms with Gasteiger partial charge in [0, 0.05) is 4.47 Å². The fourth-order valence-electron chi connectivity index (χ4n) is 1.05. The van der Waals surface area contributed by atoms with Gasteiger partial charge < -0.3 is 5.73 Å². The van der Waals surface area contributed by atoms with E-state index >= 15 is 0 Å². The summed E-state index contributed by atoms with van der Waals surface area (Å²) in [6.07, 6.45) is 0.201. The number of rotatable bonds is 1. The minimum absolute atomic E-state index is 0.201. The molecule has 3 nitrogen and oxygen atoms in total. The summed E-state index contributed by atoms with van der Waals surface area (Å²) in [7, 11) is 0. The average molecular weight is 236 g/mol. The molecule has 0 bridgehead atoms. The Morgan fingerprint density at radius 1 is 1.38 bits per heavy atom. The lowest BCUT2D eigenvalue weighted by atomic mass is 10.0. The second-order valence-electron chi connectivity index (χ2n) is 2.48. The van der Waals surface area contributed by atoms with Crippen LogP contribution in [0.2, 0.25) is 0 Å². The Balaban J connectivity index is 3.33. The van der Waals surface area contributed by atoms with Gasteiger partial charge in [0.25, 0.3) is 0 Å². The van der Waals surface area contributed by atoms with Gasteiger partial charge in [0.2, 0.25) is 0 Å². The molecule has 0 radical (unpaired) electrons. The van der Waals surface area contributed by atoms with E-state index < -0.39 is 0 Å². The lowest BCUT2D eigenvalue weighted by Crippen LogP contribution is -1.96. The Morgan fingerprint density at radius 2 is 2.08 bits per heavy atom. The van der Waals surface area contributed by atoms with Crippen LogP contribution in [0.4, 0.5) is 5.69 Å². The van der Waals surface area contributed by atoms with Gasteiger partial charge in [0.15, 0.2) is 0 Å². The second-order valence-corrected chi connectivity index (χ2v) is 3.39. The first-order chi connectivity index (χ1) is 6.19. The number of nitrogen functional groups attached to an aromatic ring is 1. The molecule has 1 aromatic rings. The summed E-state index contributed by atoms with van der Waals surface area (Å²) in [6.45, 7) is 0. The fraction of sp³-hybridized carbons (Fsp3) is 0.111. The van der Waals surface area contributed by atoms with E-state index in [1.165, 1.54) is 0 Å². The van der Waals surface area contributed by atoms with Gasteiger partial charge in [-0.2, -0.15) is 10.5 Å². The zero-order valence-electron chi connectivity index (χ0n) is 6.71. The summed E-state index contributed by atoms with van der Waals surface area (Å²) in [6, 6.07) is 7.35. The highest BCUT2D eigenvalue weighted by Gasteiger charge is 2.06. The SMILES string of the molecule is N#CCc1cc(Br)cc(N)c1C#N. The van der Waals surface area contributed by atoms with Crippen molar-refractivity contribution < 1.29 is 0 Å². The van der Waals surface area contributed by atoms with Gasteiger partial charge in [-0.15, -0.1) is 0 Å². The monoisotopic (exact) mass is 235 g/mol. The molecule has 0 unspecified atom stereocenters. The third kappa shape index (κ3) is 1.99. The highest BCUT2D eigenvalue weighted by Crippen LogP contribution is 2.22. The standard InChI is InChI=1S/C9H6BrN3/c10-7-3-6(1-2-11)8(5-12)9(13)4-7/h3-4H,1,13H2. The Morgan fingerprint density at radius 3 is 2.62 bits per heavy atom. The number of halogens is 1. The predicted octanol–water partition coefficient (Wildman–Crippen LogP) is 1.97. The van der Waals surface area contributed by atoms with Crippen molar-refractivity contribution >= 4 is 21.6 Å². The van der Waals surface area contributed by atoms with Crippen molar-refractivity contribution in [1.29, 1.82) is 10.5 Å². The van der Waals surface area contributed by atoms with Crippen LogP contribution in [0.1, 0.15) is 11.1 Å². The molecular weight excluding hydrogens is 230 g/mol. The van der Waals surface area contributed by atoms with Crippen molar-refractivity contribution in [1.82, 2.24) is 0 Å². The molecular formula is C9H6BrN3. The summed E-state index contributed by atoms with van der Waals surface area (Å²) < 4.78 is 0.786. The maximum absolute atomic E-state index is 8.76. The Kier molecular flexibility index (Phi) is 2.89. The molecule has 0 spiro atoms. The first kappa shape index (κ1) is 9.57. The molecule has 13 heavy (non-hydrogen) atoms. The summed E-state index contributed by atoms with van der Waals surface area (Å²) in [5, 5.41) is 17.3. The van der Waals surface area contributed by atoms with Gasteiger partial charge in [0.05, 0.1) is 23.7 Å². The molecule has 0 saturated heterocycles. The average Bonchev–Trinajstić information content (AvgIpc) is 2.04. The van der Waals surface area contributed by atoms with Crippen LogP contribution in [0.5, 0.6) is 0 Å². The van der Waals surface area contributed by atoms with Crippen LogP contribution in [-0.2, 0) is 6.42 Å². The van der Waals surface area contributed by atoms with E-state index in [4.69, 9.17) is 16.3 Å². The van der Waals surface area contributed by atoms with Gasteiger partial charge in [-0.3, -0.25) is 0 Å². The van der Waals surface area contributed by atoms with Crippen molar-refractivity contribution in [3.05, 3.63) is 27.7 Å². The molecule has 0 heterocycles. The van der Waals surface area contributed by atoms with Crippen LogP contribution < -0.4 is 5.73 Å². The highest BCUT2D eigenvalue weighted by molar-refractivity contribution is 9.10. The Hall–Kier alpha value is -1.52. The molecule has 1 aromatic carbocycles. The molecule has 0 amide bonds. The van der Waals surface area contributed by atoms with E-state index in [1.54, 1.807) is 12.1 Å². The lowest BCUT2D eigenvalue weighted by Gasteiger charge is -2.03. The number of nitrogens with two attached hydrogens (primary N) is 1. The molecule has 1 rings (SSSR count). The molecule has 0 fully saturated rings. The molecule has 0 saturated carbocycles. The first-order valence-electron chi connectivity index (χ1n) is 3.54. The molecule has 0 aliphatic rings. The zero-order valence-corrected chi connectivity index (χ0v) is 8.30. The molecule has 4 heteroatoms. The normalized spacial score (nSPS) is 8.85. The van der Waals surface area contributed by atoms with E-state index in [1.807, 2.05) is 12.1 Å². The van der Waals surface area contributed by atoms with Crippen molar-refractivity contribution in [2.24, 2.45) is 0 Å². The van der Waals surface area contributed by atoms with E-state index in [0.717, 1.165) is 4.47 Å². The molecule has 0 aromatic heterocycles. The van der Waals surface area contributed by atoms with Gasteiger partial charge >= 0.3 is 0 Å². The highest BCUT2D eigenvalue weighted by atomic mass is 79.9. The van der Waals surface area contributed by atoms with E-state index in [0.29, 0.717) is 16.8 Å². The topological polar surface area (TPSA) is 73.6 Å². The number of benzene rings is 1. The predicted molar refractivity (Wildman–Crippen MR) is 52.6 cm³/mol. The van der Waals surface area contributed by atoms with E-state index in [-0.39, 0.29) is 6.42 Å².